The Kier molecular flexibility index (Phi) is 5.57. The Balaban J connectivity index is 1.14. The van der Waals surface area contributed by atoms with E-state index < -0.39 is 0 Å². The van der Waals surface area contributed by atoms with Gasteiger partial charge in [0.05, 0.1) is 16.6 Å². The van der Waals surface area contributed by atoms with E-state index in [-0.39, 0.29) is 0 Å². The molecule has 10 rings (SSSR count). The number of hydrogen-bond donors (Lipinski definition) is 0. The van der Waals surface area contributed by atoms with Crippen LogP contribution in [0.25, 0.3) is 88.3 Å². The smallest absolute Gasteiger partial charge is 0.143 e. The van der Waals surface area contributed by atoms with Gasteiger partial charge in [-0.15, -0.1) is 0 Å². The minimum atomic E-state index is 0.916. The Morgan fingerprint density at radius 1 is 0.383 bits per heavy atom. The maximum Gasteiger partial charge on any atom is 0.143 e. The lowest BCUT2D eigenvalue weighted by Gasteiger charge is -2.11. The van der Waals surface area contributed by atoms with Crippen LogP contribution in [0.4, 0.5) is 0 Å². The Morgan fingerprint density at radius 2 is 1.00 bits per heavy atom. The summed E-state index contributed by atoms with van der Waals surface area (Å²) in [5.74, 6) is 0. The van der Waals surface area contributed by atoms with Gasteiger partial charge in [-0.2, -0.15) is 0 Å². The zero-order valence-electron chi connectivity index (χ0n) is 25.5. The number of fused-ring (bicyclic) bond motifs is 7. The lowest BCUT2D eigenvalue weighted by Crippen LogP contribution is -1.95. The largest absolute Gasteiger partial charge is 0.455 e. The van der Waals surface area contributed by atoms with E-state index in [1.807, 2.05) is 6.07 Å². The molecule has 0 saturated carbocycles. The highest BCUT2D eigenvalue weighted by Gasteiger charge is 2.17. The molecule has 3 aromatic heterocycles. The molecule has 3 heteroatoms. The number of aromatic nitrogens is 2. The summed E-state index contributed by atoms with van der Waals surface area (Å²) in [4.78, 5) is 0. The molecule has 0 N–H and O–H groups in total. The number of nitrogens with zero attached hydrogens (tertiary/aromatic N) is 2. The summed E-state index contributed by atoms with van der Waals surface area (Å²) in [5.41, 5.74) is 12.2. The Hall–Kier alpha value is -6.32. The van der Waals surface area contributed by atoms with E-state index in [1.54, 1.807) is 0 Å². The molecule has 0 fully saturated rings. The van der Waals surface area contributed by atoms with Crippen LogP contribution < -0.4 is 0 Å². The van der Waals surface area contributed by atoms with Gasteiger partial charge in [-0.05, 0) is 59.7 Å². The molecule has 0 spiro atoms. The first-order chi connectivity index (χ1) is 23.3. The van der Waals surface area contributed by atoms with Crippen LogP contribution in [-0.2, 0) is 0 Å². The molecule has 3 nitrogen and oxygen atoms in total. The van der Waals surface area contributed by atoms with Gasteiger partial charge in [0, 0.05) is 55.6 Å². The topological polar surface area (TPSA) is 23.0 Å². The van der Waals surface area contributed by atoms with Crippen LogP contribution in [0.1, 0.15) is 0 Å². The van der Waals surface area contributed by atoms with E-state index in [4.69, 9.17) is 4.42 Å². The van der Waals surface area contributed by atoms with Crippen LogP contribution in [0.15, 0.2) is 174 Å². The monoisotopic (exact) mass is 600 g/mol. The third-order valence-electron chi connectivity index (χ3n) is 9.56. The zero-order chi connectivity index (χ0) is 30.9. The fourth-order valence-corrected chi connectivity index (χ4v) is 7.37. The zero-order valence-corrected chi connectivity index (χ0v) is 25.5. The minimum Gasteiger partial charge on any atom is -0.455 e. The van der Waals surface area contributed by atoms with Crippen molar-refractivity contribution < 1.29 is 4.42 Å². The Labute approximate surface area is 271 Å². The van der Waals surface area contributed by atoms with Gasteiger partial charge in [0.1, 0.15) is 11.2 Å². The summed E-state index contributed by atoms with van der Waals surface area (Å²) in [5, 5.41) is 6.00. The predicted molar refractivity (Wildman–Crippen MR) is 196 cm³/mol. The van der Waals surface area contributed by atoms with E-state index >= 15 is 0 Å². The fourth-order valence-electron chi connectivity index (χ4n) is 7.37. The molecule has 0 unspecified atom stereocenters. The van der Waals surface area contributed by atoms with E-state index in [0.29, 0.717) is 0 Å². The molecule has 0 atom stereocenters. The van der Waals surface area contributed by atoms with Crippen molar-refractivity contribution in [1.29, 1.82) is 0 Å². The van der Waals surface area contributed by atoms with E-state index in [1.165, 1.54) is 32.7 Å². The second-order valence-corrected chi connectivity index (χ2v) is 12.2. The highest BCUT2D eigenvalue weighted by molar-refractivity contribution is 6.14. The second-order valence-electron chi connectivity index (χ2n) is 12.2. The Morgan fingerprint density at radius 3 is 1.72 bits per heavy atom. The normalized spacial score (nSPS) is 11.8. The lowest BCUT2D eigenvalue weighted by molar-refractivity contribution is 0.671. The van der Waals surface area contributed by atoms with Crippen molar-refractivity contribution in [2.45, 2.75) is 0 Å². The lowest BCUT2D eigenvalue weighted by atomic mass is 10.00. The van der Waals surface area contributed by atoms with Crippen LogP contribution in [0, 0.1) is 0 Å². The van der Waals surface area contributed by atoms with E-state index in [2.05, 4.69) is 173 Å². The van der Waals surface area contributed by atoms with Crippen molar-refractivity contribution in [1.82, 2.24) is 9.13 Å². The molecule has 0 bridgehead atoms. The molecule has 0 aliphatic carbocycles. The van der Waals surface area contributed by atoms with Crippen LogP contribution in [0.2, 0.25) is 0 Å². The van der Waals surface area contributed by atoms with Crippen molar-refractivity contribution >= 4 is 54.6 Å². The molecule has 10 aromatic rings. The van der Waals surface area contributed by atoms with Crippen molar-refractivity contribution in [3.63, 3.8) is 0 Å². The van der Waals surface area contributed by atoms with Crippen LogP contribution in [0.3, 0.4) is 0 Å². The molecule has 0 aliphatic rings. The van der Waals surface area contributed by atoms with Gasteiger partial charge in [-0.25, -0.2) is 0 Å². The van der Waals surface area contributed by atoms with Gasteiger partial charge in [0.2, 0.25) is 0 Å². The van der Waals surface area contributed by atoms with Gasteiger partial charge in [0.25, 0.3) is 0 Å². The maximum atomic E-state index is 6.71. The average Bonchev–Trinajstić information content (AvgIpc) is 3.83. The average molecular weight is 601 g/mol. The first kappa shape index (κ1) is 26.0. The van der Waals surface area contributed by atoms with Gasteiger partial charge < -0.3 is 13.6 Å². The summed E-state index contributed by atoms with van der Waals surface area (Å²) in [6, 6.07) is 58.4. The number of rotatable bonds is 4. The SMILES string of the molecule is c1ccc(-c2cccc3c2oc2c(-c4ccc(-n5c6ccccc6c6cc7ccn(-c8ccccc8)c7cc65)cc4)cccc23)cc1. The summed E-state index contributed by atoms with van der Waals surface area (Å²) in [6.07, 6.45) is 2.17. The quantitative estimate of drug-likeness (QED) is 0.197. The highest BCUT2D eigenvalue weighted by Crippen LogP contribution is 2.41. The van der Waals surface area contributed by atoms with Crippen LogP contribution in [-0.4, -0.2) is 9.13 Å². The molecule has 220 valence electrons. The van der Waals surface area contributed by atoms with Crippen molar-refractivity contribution in [2.75, 3.05) is 0 Å². The molecule has 0 saturated heterocycles. The first-order valence-corrected chi connectivity index (χ1v) is 16.0. The molecular weight excluding hydrogens is 572 g/mol. The van der Waals surface area contributed by atoms with Crippen molar-refractivity contribution in [2.24, 2.45) is 0 Å². The summed E-state index contributed by atoms with van der Waals surface area (Å²) in [6.45, 7) is 0. The van der Waals surface area contributed by atoms with Crippen LogP contribution in [0.5, 0.6) is 0 Å². The molecule has 7 aromatic carbocycles. The first-order valence-electron chi connectivity index (χ1n) is 16.0. The van der Waals surface area contributed by atoms with Gasteiger partial charge in [-0.3, -0.25) is 0 Å². The fraction of sp³-hybridized carbons (Fsp3) is 0. The molecular formula is C44H28N2O. The van der Waals surface area contributed by atoms with Gasteiger partial charge in [0.15, 0.2) is 0 Å². The van der Waals surface area contributed by atoms with Crippen molar-refractivity contribution in [3.8, 4) is 33.6 Å². The van der Waals surface area contributed by atoms with Crippen LogP contribution >= 0.6 is 0 Å². The van der Waals surface area contributed by atoms with Gasteiger partial charge in [-0.1, -0.05) is 115 Å². The highest BCUT2D eigenvalue weighted by atomic mass is 16.3. The predicted octanol–water partition coefficient (Wildman–Crippen LogP) is 12.0. The van der Waals surface area contributed by atoms with Gasteiger partial charge >= 0.3 is 0 Å². The number of para-hydroxylation sites is 4. The molecule has 0 radical (unpaired) electrons. The molecule has 0 amide bonds. The summed E-state index contributed by atoms with van der Waals surface area (Å²) >= 11 is 0. The van der Waals surface area contributed by atoms with E-state index in [9.17, 15) is 0 Å². The molecule has 3 heterocycles. The second kappa shape index (κ2) is 10.1. The number of hydrogen-bond acceptors (Lipinski definition) is 1. The molecule has 47 heavy (non-hydrogen) atoms. The maximum absolute atomic E-state index is 6.71. The number of furan rings is 1. The van der Waals surface area contributed by atoms with E-state index in [0.717, 1.165) is 55.6 Å². The summed E-state index contributed by atoms with van der Waals surface area (Å²) < 4.78 is 11.4. The Bertz CT molecular complexity index is 2760. The minimum absolute atomic E-state index is 0.916. The summed E-state index contributed by atoms with van der Waals surface area (Å²) in [7, 11) is 0. The molecule has 0 aliphatic heterocycles. The number of benzene rings is 7. The third kappa shape index (κ3) is 3.93. The standard InChI is InChI=1S/C44H28N2O/c1-3-11-29(12-4-1)34-16-9-18-37-38-19-10-17-35(44(38)47-43(34)37)30-21-23-33(24-22-30)46-40-20-8-7-15-36(40)39-27-31-25-26-45(41(31)28-42(39)46)32-13-5-2-6-14-32/h1-28H. The third-order valence-corrected chi connectivity index (χ3v) is 9.56. The van der Waals surface area contributed by atoms with Crippen molar-refractivity contribution in [3.05, 3.63) is 170 Å².